The molecule has 116 valence electrons. The van der Waals surface area contributed by atoms with E-state index < -0.39 is 0 Å². The highest BCUT2D eigenvalue weighted by atomic mass is 16.2. The second-order valence-corrected chi connectivity index (χ2v) is 6.00. The molecule has 1 aromatic rings. The van der Waals surface area contributed by atoms with Gasteiger partial charge in [0.1, 0.15) is 0 Å². The van der Waals surface area contributed by atoms with Gasteiger partial charge in [0.05, 0.1) is 11.3 Å². The van der Waals surface area contributed by atoms with Crippen LogP contribution in [0.4, 0.5) is 5.69 Å². The Labute approximate surface area is 126 Å². The summed E-state index contributed by atoms with van der Waals surface area (Å²) in [5.41, 5.74) is 0.712. The van der Waals surface area contributed by atoms with Crippen molar-refractivity contribution in [3.8, 4) is 0 Å². The maximum absolute atomic E-state index is 12.3. The minimum atomic E-state index is -0.318. The van der Waals surface area contributed by atoms with Crippen molar-refractivity contribution >= 4 is 17.5 Å². The largest absolute Gasteiger partial charge is 0.347 e. The van der Waals surface area contributed by atoms with Gasteiger partial charge in [-0.15, -0.1) is 0 Å². The molecule has 0 aliphatic carbocycles. The maximum atomic E-state index is 12.3. The number of anilines is 1. The lowest BCUT2D eigenvalue weighted by Gasteiger charge is -2.21. The molecular formula is C16H25N3O2. The third-order valence-electron chi connectivity index (χ3n) is 2.76. The fourth-order valence-electron chi connectivity index (χ4n) is 1.84. The number of nitrogens with one attached hydrogen (secondary N) is 3. The number of carbonyl (C=O) groups excluding carboxylic acids is 2. The van der Waals surface area contributed by atoms with E-state index in [1.807, 2.05) is 27.8 Å². The van der Waals surface area contributed by atoms with Crippen LogP contribution in [0.2, 0.25) is 0 Å². The summed E-state index contributed by atoms with van der Waals surface area (Å²) in [7, 11) is 1.85. The molecule has 0 heterocycles. The second kappa shape index (κ2) is 7.78. The molecule has 0 unspecified atom stereocenters. The van der Waals surface area contributed by atoms with E-state index in [2.05, 4.69) is 16.0 Å². The first-order chi connectivity index (χ1) is 9.83. The molecule has 2 amide bonds. The molecule has 21 heavy (non-hydrogen) atoms. The predicted molar refractivity (Wildman–Crippen MR) is 85.5 cm³/mol. The molecule has 3 N–H and O–H groups in total. The fourth-order valence-corrected chi connectivity index (χ4v) is 1.84. The summed E-state index contributed by atoms with van der Waals surface area (Å²) in [6, 6.07) is 7.04. The molecule has 0 spiro atoms. The highest BCUT2D eigenvalue weighted by molar-refractivity contribution is 6.03. The third-order valence-corrected chi connectivity index (χ3v) is 2.76. The van der Waals surface area contributed by atoms with E-state index >= 15 is 0 Å². The standard InChI is InChI=1S/C16H25N3O2/c1-16(2,3)19-15(21)12-8-5-6-9-13(12)18-14(20)10-7-11-17-4/h5-6,8-9,17H,7,10-11H2,1-4H3,(H,18,20)(H,19,21). The maximum Gasteiger partial charge on any atom is 0.253 e. The first-order valence-electron chi connectivity index (χ1n) is 7.19. The Morgan fingerprint density at radius 2 is 1.81 bits per heavy atom. The van der Waals surface area contributed by atoms with Crippen molar-refractivity contribution in [2.75, 3.05) is 18.9 Å². The average Bonchev–Trinajstić information content (AvgIpc) is 2.37. The summed E-state index contributed by atoms with van der Waals surface area (Å²) in [4.78, 5) is 24.1. The normalized spacial score (nSPS) is 11.0. The number of hydrogen-bond donors (Lipinski definition) is 3. The number of amides is 2. The smallest absolute Gasteiger partial charge is 0.253 e. The van der Waals surface area contributed by atoms with Crippen LogP contribution in [-0.4, -0.2) is 30.9 Å². The zero-order valence-corrected chi connectivity index (χ0v) is 13.2. The van der Waals surface area contributed by atoms with Gasteiger partial charge in [0.25, 0.3) is 5.91 Å². The van der Waals surface area contributed by atoms with Crippen molar-refractivity contribution in [3.05, 3.63) is 29.8 Å². The van der Waals surface area contributed by atoms with Crippen LogP contribution in [0.3, 0.4) is 0 Å². The SMILES string of the molecule is CNCCCC(=O)Nc1ccccc1C(=O)NC(C)(C)C. The van der Waals surface area contributed by atoms with Crippen LogP contribution < -0.4 is 16.0 Å². The number of carbonyl (C=O) groups is 2. The van der Waals surface area contributed by atoms with Crippen LogP contribution in [0.5, 0.6) is 0 Å². The fraction of sp³-hybridized carbons (Fsp3) is 0.500. The van der Waals surface area contributed by atoms with Crippen LogP contribution in [0.25, 0.3) is 0 Å². The van der Waals surface area contributed by atoms with Gasteiger partial charge in [0.15, 0.2) is 0 Å². The summed E-state index contributed by atoms with van der Waals surface area (Å²) in [6.45, 7) is 6.55. The topological polar surface area (TPSA) is 70.2 Å². The van der Waals surface area contributed by atoms with Gasteiger partial charge in [-0.05, 0) is 52.9 Å². The molecule has 5 nitrogen and oxygen atoms in total. The molecule has 0 saturated carbocycles. The molecule has 0 aliphatic heterocycles. The minimum absolute atomic E-state index is 0.0822. The molecular weight excluding hydrogens is 266 g/mol. The Bertz CT molecular complexity index is 493. The molecule has 0 bridgehead atoms. The predicted octanol–water partition coefficient (Wildman–Crippen LogP) is 2.15. The van der Waals surface area contributed by atoms with E-state index in [-0.39, 0.29) is 17.4 Å². The van der Waals surface area contributed by atoms with Crippen LogP contribution >= 0.6 is 0 Å². The van der Waals surface area contributed by atoms with Gasteiger partial charge in [-0.1, -0.05) is 12.1 Å². The highest BCUT2D eigenvalue weighted by Gasteiger charge is 2.18. The molecule has 0 aromatic heterocycles. The van der Waals surface area contributed by atoms with Gasteiger partial charge in [-0.3, -0.25) is 9.59 Å². The Kier molecular flexibility index (Phi) is 6.37. The van der Waals surface area contributed by atoms with Crippen molar-refractivity contribution in [3.63, 3.8) is 0 Å². The minimum Gasteiger partial charge on any atom is -0.347 e. The summed E-state index contributed by atoms with van der Waals surface area (Å²) in [5.74, 6) is -0.269. The summed E-state index contributed by atoms with van der Waals surface area (Å²) >= 11 is 0. The molecule has 1 rings (SSSR count). The van der Waals surface area contributed by atoms with E-state index in [1.54, 1.807) is 24.3 Å². The van der Waals surface area contributed by atoms with Crippen molar-refractivity contribution in [2.24, 2.45) is 0 Å². The van der Waals surface area contributed by atoms with Crippen molar-refractivity contribution in [1.29, 1.82) is 0 Å². The van der Waals surface area contributed by atoms with Crippen LogP contribution in [-0.2, 0) is 4.79 Å². The monoisotopic (exact) mass is 291 g/mol. The lowest BCUT2D eigenvalue weighted by molar-refractivity contribution is -0.116. The van der Waals surface area contributed by atoms with E-state index in [0.29, 0.717) is 17.7 Å². The van der Waals surface area contributed by atoms with Gasteiger partial charge >= 0.3 is 0 Å². The van der Waals surface area contributed by atoms with Crippen LogP contribution in [0, 0.1) is 0 Å². The summed E-state index contributed by atoms with van der Waals surface area (Å²) < 4.78 is 0. The molecule has 5 heteroatoms. The summed E-state index contributed by atoms with van der Waals surface area (Å²) in [5, 5.41) is 8.71. The molecule has 0 saturated heterocycles. The van der Waals surface area contributed by atoms with E-state index in [1.165, 1.54) is 0 Å². The number of benzene rings is 1. The Morgan fingerprint density at radius 1 is 1.14 bits per heavy atom. The first-order valence-corrected chi connectivity index (χ1v) is 7.19. The Morgan fingerprint density at radius 3 is 2.43 bits per heavy atom. The first kappa shape index (κ1) is 17.2. The number of para-hydroxylation sites is 1. The molecule has 1 aromatic carbocycles. The zero-order valence-electron chi connectivity index (χ0n) is 13.2. The molecule has 0 radical (unpaired) electrons. The van der Waals surface area contributed by atoms with Gasteiger partial charge in [0.2, 0.25) is 5.91 Å². The van der Waals surface area contributed by atoms with Gasteiger partial charge in [-0.2, -0.15) is 0 Å². The van der Waals surface area contributed by atoms with E-state index in [0.717, 1.165) is 13.0 Å². The zero-order chi connectivity index (χ0) is 15.9. The Hall–Kier alpha value is -1.88. The Balaban J connectivity index is 2.75. The van der Waals surface area contributed by atoms with E-state index in [9.17, 15) is 9.59 Å². The highest BCUT2D eigenvalue weighted by Crippen LogP contribution is 2.16. The molecule has 0 aliphatic rings. The summed E-state index contributed by atoms with van der Waals surface area (Å²) in [6.07, 6.45) is 1.19. The van der Waals surface area contributed by atoms with Gasteiger partial charge in [-0.25, -0.2) is 0 Å². The lowest BCUT2D eigenvalue weighted by Crippen LogP contribution is -2.40. The molecule has 0 atom stereocenters. The van der Waals surface area contributed by atoms with E-state index in [4.69, 9.17) is 0 Å². The number of hydrogen-bond acceptors (Lipinski definition) is 3. The average molecular weight is 291 g/mol. The third kappa shape index (κ3) is 6.40. The van der Waals surface area contributed by atoms with Crippen molar-refractivity contribution in [1.82, 2.24) is 10.6 Å². The molecule has 0 fully saturated rings. The van der Waals surface area contributed by atoms with Crippen molar-refractivity contribution in [2.45, 2.75) is 39.2 Å². The van der Waals surface area contributed by atoms with Gasteiger partial charge < -0.3 is 16.0 Å². The quantitative estimate of drug-likeness (QED) is 0.703. The number of rotatable bonds is 6. The lowest BCUT2D eigenvalue weighted by atomic mass is 10.1. The second-order valence-electron chi connectivity index (χ2n) is 6.00. The van der Waals surface area contributed by atoms with Crippen LogP contribution in [0.1, 0.15) is 44.0 Å². The van der Waals surface area contributed by atoms with Crippen LogP contribution in [0.15, 0.2) is 24.3 Å². The van der Waals surface area contributed by atoms with Gasteiger partial charge in [0, 0.05) is 12.0 Å². The van der Waals surface area contributed by atoms with Crippen molar-refractivity contribution < 1.29 is 9.59 Å².